The molecule has 0 fully saturated rings. The SMILES string of the molecule is COc1ccccc1-c1noc(CN(C)Cc2ccc3c(c2)OCO3)n1. The Labute approximate surface area is 151 Å². The lowest BCUT2D eigenvalue weighted by atomic mass is 10.2. The van der Waals surface area contributed by atoms with Crippen LogP contribution < -0.4 is 14.2 Å². The third-order valence-electron chi connectivity index (χ3n) is 4.11. The summed E-state index contributed by atoms with van der Waals surface area (Å²) in [6, 6.07) is 13.5. The fourth-order valence-electron chi connectivity index (χ4n) is 2.90. The molecular formula is C19H19N3O4. The highest BCUT2D eigenvalue weighted by Gasteiger charge is 2.16. The van der Waals surface area contributed by atoms with Crippen LogP contribution in [0.2, 0.25) is 0 Å². The monoisotopic (exact) mass is 353 g/mol. The van der Waals surface area contributed by atoms with Gasteiger partial charge in [0.2, 0.25) is 18.5 Å². The van der Waals surface area contributed by atoms with Crippen LogP contribution in [0.4, 0.5) is 0 Å². The molecule has 4 rings (SSSR count). The van der Waals surface area contributed by atoms with Crippen LogP contribution >= 0.6 is 0 Å². The van der Waals surface area contributed by atoms with Gasteiger partial charge in [-0.3, -0.25) is 4.90 Å². The molecule has 2 heterocycles. The van der Waals surface area contributed by atoms with E-state index in [0.717, 1.165) is 29.2 Å². The Morgan fingerprint density at radius 2 is 1.92 bits per heavy atom. The van der Waals surface area contributed by atoms with Crippen molar-refractivity contribution in [2.45, 2.75) is 13.1 Å². The lowest BCUT2D eigenvalue weighted by molar-refractivity contribution is 0.174. The molecule has 0 saturated heterocycles. The summed E-state index contributed by atoms with van der Waals surface area (Å²) >= 11 is 0. The number of benzene rings is 2. The minimum Gasteiger partial charge on any atom is -0.496 e. The van der Waals surface area contributed by atoms with Crippen LogP contribution in [0, 0.1) is 0 Å². The van der Waals surface area contributed by atoms with Gasteiger partial charge in [-0.05, 0) is 36.9 Å². The molecule has 7 nitrogen and oxygen atoms in total. The second-order valence-electron chi connectivity index (χ2n) is 6.07. The van der Waals surface area contributed by atoms with Gasteiger partial charge < -0.3 is 18.7 Å². The topological polar surface area (TPSA) is 69.9 Å². The molecule has 0 N–H and O–H groups in total. The van der Waals surface area contributed by atoms with E-state index in [4.69, 9.17) is 18.7 Å². The van der Waals surface area contributed by atoms with Crippen molar-refractivity contribution < 1.29 is 18.7 Å². The summed E-state index contributed by atoms with van der Waals surface area (Å²) in [6.45, 7) is 1.54. The van der Waals surface area contributed by atoms with Crippen molar-refractivity contribution in [3.05, 3.63) is 53.9 Å². The summed E-state index contributed by atoms with van der Waals surface area (Å²) in [5.74, 6) is 3.36. The van der Waals surface area contributed by atoms with Gasteiger partial charge in [0.1, 0.15) is 5.75 Å². The Hall–Kier alpha value is -3.06. The van der Waals surface area contributed by atoms with Crippen LogP contribution in [0.25, 0.3) is 11.4 Å². The average molecular weight is 353 g/mol. The van der Waals surface area contributed by atoms with Crippen molar-refractivity contribution in [3.63, 3.8) is 0 Å². The van der Waals surface area contributed by atoms with Crippen molar-refractivity contribution in [1.82, 2.24) is 15.0 Å². The highest BCUT2D eigenvalue weighted by Crippen LogP contribution is 2.33. The van der Waals surface area contributed by atoms with E-state index >= 15 is 0 Å². The molecule has 0 bridgehead atoms. The second kappa shape index (κ2) is 7.05. The Morgan fingerprint density at radius 1 is 1.08 bits per heavy atom. The zero-order valence-electron chi connectivity index (χ0n) is 14.6. The molecule has 2 aromatic carbocycles. The van der Waals surface area contributed by atoms with E-state index in [2.05, 4.69) is 15.0 Å². The van der Waals surface area contributed by atoms with Crippen molar-refractivity contribution in [3.8, 4) is 28.6 Å². The van der Waals surface area contributed by atoms with Gasteiger partial charge in [0.15, 0.2) is 11.5 Å². The predicted octanol–water partition coefficient (Wildman–Crippen LogP) is 3.11. The largest absolute Gasteiger partial charge is 0.496 e. The summed E-state index contributed by atoms with van der Waals surface area (Å²) in [5, 5.41) is 4.07. The van der Waals surface area contributed by atoms with Gasteiger partial charge >= 0.3 is 0 Å². The smallest absolute Gasteiger partial charge is 0.241 e. The number of fused-ring (bicyclic) bond motifs is 1. The third kappa shape index (κ3) is 3.34. The first kappa shape index (κ1) is 16.4. The van der Waals surface area contributed by atoms with Crippen LogP contribution in [-0.2, 0) is 13.1 Å². The van der Waals surface area contributed by atoms with Gasteiger partial charge in [-0.25, -0.2) is 0 Å². The fourth-order valence-corrected chi connectivity index (χ4v) is 2.90. The normalized spacial score (nSPS) is 12.6. The Kier molecular flexibility index (Phi) is 4.45. The van der Waals surface area contributed by atoms with Gasteiger partial charge in [0, 0.05) is 6.54 Å². The van der Waals surface area contributed by atoms with Crippen LogP contribution in [-0.4, -0.2) is 36.0 Å². The molecule has 0 spiro atoms. The van der Waals surface area contributed by atoms with Crippen LogP contribution in [0.15, 0.2) is 47.0 Å². The van der Waals surface area contributed by atoms with E-state index in [-0.39, 0.29) is 6.79 Å². The summed E-state index contributed by atoms with van der Waals surface area (Å²) in [4.78, 5) is 6.58. The lowest BCUT2D eigenvalue weighted by Gasteiger charge is -2.14. The van der Waals surface area contributed by atoms with Gasteiger partial charge in [-0.15, -0.1) is 0 Å². The highest BCUT2D eigenvalue weighted by atomic mass is 16.7. The zero-order valence-corrected chi connectivity index (χ0v) is 14.6. The molecule has 0 amide bonds. The highest BCUT2D eigenvalue weighted by molar-refractivity contribution is 5.63. The van der Waals surface area contributed by atoms with Crippen molar-refractivity contribution in [1.29, 1.82) is 0 Å². The van der Waals surface area contributed by atoms with Gasteiger partial charge in [0.25, 0.3) is 0 Å². The number of nitrogens with zero attached hydrogens (tertiary/aromatic N) is 3. The molecule has 1 aromatic heterocycles. The maximum atomic E-state index is 5.42. The Balaban J connectivity index is 1.44. The van der Waals surface area contributed by atoms with Gasteiger partial charge in [-0.2, -0.15) is 4.98 Å². The van der Waals surface area contributed by atoms with Gasteiger partial charge in [0.05, 0.1) is 19.2 Å². The van der Waals surface area contributed by atoms with E-state index in [1.54, 1.807) is 7.11 Å². The van der Waals surface area contributed by atoms with Gasteiger partial charge in [-0.1, -0.05) is 23.4 Å². The molecule has 0 atom stereocenters. The van der Waals surface area contributed by atoms with Crippen LogP contribution in [0.3, 0.4) is 0 Å². The number of aromatic nitrogens is 2. The first-order valence-electron chi connectivity index (χ1n) is 8.26. The van der Waals surface area contributed by atoms with Crippen LogP contribution in [0.1, 0.15) is 11.5 Å². The number of para-hydroxylation sites is 1. The number of hydrogen-bond acceptors (Lipinski definition) is 7. The molecule has 1 aliphatic heterocycles. The second-order valence-corrected chi connectivity index (χ2v) is 6.07. The molecule has 0 radical (unpaired) electrons. The molecule has 7 heteroatoms. The molecule has 0 saturated carbocycles. The minimum absolute atomic E-state index is 0.280. The van der Waals surface area contributed by atoms with Crippen molar-refractivity contribution in [2.24, 2.45) is 0 Å². The lowest BCUT2D eigenvalue weighted by Crippen LogP contribution is -2.17. The van der Waals surface area contributed by atoms with E-state index in [0.29, 0.717) is 24.0 Å². The third-order valence-corrected chi connectivity index (χ3v) is 4.11. The molecule has 134 valence electrons. The average Bonchev–Trinajstić information content (AvgIpc) is 3.30. The predicted molar refractivity (Wildman–Crippen MR) is 94.0 cm³/mol. The van der Waals surface area contributed by atoms with E-state index < -0.39 is 0 Å². The van der Waals surface area contributed by atoms with Crippen molar-refractivity contribution in [2.75, 3.05) is 21.0 Å². The number of rotatable bonds is 6. The van der Waals surface area contributed by atoms with Crippen molar-refractivity contribution >= 4 is 0 Å². The summed E-state index contributed by atoms with van der Waals surface area (Å²) in [6.07, 6.45) is 0. The zero-order chi connectivity index (χ0) is 17.9. The Morgan fingerprint density at radius 3 is 2.81 bits per heavy atom. The number of hydrogen-bond donors (Lipinski definition) is 0. The fraction of sp³-hybridized carbons (Fsp3) is 0.263. The number of methoxy groups -OCH3 is 1. The quantitative estimate of drug-likeness (QED) is 0.674. The maximum Gasteiger partial charge on any atom is 0.241 e. The molecule has 26 heavy (non-hydrogen) atoms. The number of ether oxygens (including phenoxy) is 3. The molecule has 3 aromatic rings. The van der Waals surface area contributed by atoms with E-state index in [1.807, 2.05) is 49.5 Å². The first-order chi connectivity index (χ1) is 12.7. The van der Waals surface area contributed by atoms with Crippen LogP contribution in [0.5, 0.6) is 17.2 Å². The summed E-state index contributed by atoms with van der Waals surface area (Å²) in [5.41, 5.74) is 1.93. The summed E-state index contributed by atoms with van der Waals surface area (Å²) < 4.78 is 21.5. The van der Waals surface area contributed by atoms with E-state index in [1.165, 1.54) is 0 Å². The Bertz CT molecular complexity index is 909. The van der Waals surface area contributed by atoms with E-state index in [9.17, 15) is 0 Å². The molecule has 0 aliphatic carbocycles. The summed E-state index contributed by atoms with van der Waals surface area (Å²) in [7, 11) is 3.62. The molecular weight excluding hydrogens is 334 g/mol. The first-order valence-corrected chi connectivity index (χ1v) is 8.26. The standard InChI is InChI=1S/C19H19N3O4/c1-22(10-13-7-8-16-17(9-13)25-12-24-16)11-18-20-19(21-26-18)14-5-3-4-6-15(14)23-2/h3-9H,10-12H2,1-2H3. The maximum absolute atomic E-state index is 5.42. The molecule has 0 unspecified atom stereocenters. The molecule has 1 aliphatic rings. The minimum atomic E-state index is 0.280.